The number of pyridine rings is 1. The van der Waals surface area contributed by atoms with E-state index in [1.807, 2.05) is 18.0 Å². The summed E-state index contributed by atoms with van der Waals surface area (Å²) in [7, 11) is 1.92. The molecule has 0 aliphatic carbocycles. The molecule has 1 aromatic heterocycles. The molecule has 14 heavy (non-hydrogen) atoms. The molecule has 0 aromatic carbocycles. The van der Waals surface area contributed by atoms with Gasteiger partial charge in [0, 0.05) is 19.8 Å². The Bertz CT molecular complexity index is 288. The van der Waals surface area contributed by atoms with Gasteiger partial charge in [-0.15, -0.1) is 0 Å². The summed E-state index contributed by atoms with van der Waals surface area (Å²) in [4.78, 5) is 6.12. The van der Waals surface area contributed by atoms with E-state index in [1.165, 1.54) is 0 Å². The summed E-state index contributed by atoms with van der Waals surface area (Å²) in [5.74, 6) is 0.771. The monoisotopic (exact) mass is 195 g/mol. The van der Waals surface area contributed by atoms with Crippen molar-refractivity contribution >= 4 is 11.5 Å². The standard InChI is InChI=1S/C10H17N3O/c1-8(14)5-7-13(2)10-9(11)4-3-6-12-10/h3-4,6,8,14H,5,7,11H2,1-2H3. The van der Waals surface area contributed by atoms with Gasteiger partial charge in [-0.25, -0.2) is 4.98 Å². The maximum absolute atomic E-state index is 9.14. The lowest BCUT2D eigenvalue weighted by Crippen LogP contribution is -2.23. The number of rotatable bonds is 4. The first kappa shape index (κ1) is 10.8. The number of hydrogen-bond acceptors (Lipinski definition) is 4. The van der Waals surface area contributed by atoms with Crippen molar-refractivity contribution in [3.63, 3.8) is 0 Å². The van der Waals surface area contributed by atoms with Crippen LogP contribution in [0.1, 0.15) is 13.3 Å². The Morgan fingerprint density at radius 2 is 2.36 bits per heavy atom. The molecule has 0 radical (unpaired) electrons. The molecule has 1 atom stereocenters. The van der Waals surface area contributed by atoms with Crippen molar-refractivity contribution in [1.29, 1.82) is 0 Å². The largest absolute Gasteiger partial charge is 0.396 e. The highest BCUT2D eigenvalue weighted by Crippen LogP contribution is 2.17. The predicted molar refractivity (Wildman–Crippen MR) is 58.2 cm³/mol. The van der Waals surface area contributed by atoms with Crippen LogP contribution in [0.5, 0.6) is 0 Å². The maximum atomic E-state index is 9.14. The Morgan fingerprint density at radius 1 is 1.64 bits per heavy atom. The lowest BCUT2D eigenvalue weighted by Gasteiger charge is -2.20. The van der Waals surface area contributed by atoms with Crippen LogP contribution in [-0.2, 0) is 0 Å². The van der Waals surface area contributed by atoms with E-state index in [2.05, 4.69) is 4.98 Å². The fraction of sp³-hybridized carbons (Fsp3) is 0.500. The van der Waals surface area contributed by atoms with Crippen molar-refractivity contribution in [3.8, 4) is 0 Å². The predicted octanol–water partition coefficient (Wildman–Crippen LogP) is 0.871. The third kappa shape index (κ3) is 2.88. The number of aromatic nitrogens is 1. The number of nitrogens with zero attached hydrogens (tertiary/aromatic N) is 2. The maximum Gasteiger partial charge on any atom is 0.151 e. The molecule has 1 rings (SSSR count). The number of anilines is 2. The minimum absolute atomic E-state index is 0.289. The Balaban J connectivity index is 2.60. The molecular weight excluding hydrogens is 178 g/mol. The second-order valence-electron chi connectivity index (χ2n) is 3.48. The van der Waals surface area contributed by atoms with E-state index in [-0.39, 0.29) is 6.10 Å². The summed E-state index contributed by atoms with van der Waals surface area (Å²) in [6.45, 7) is 2.52. The van der Waals surface area contributed by atoms with Crippen molar-refractivity contribution in [2.75, 3.05) is 24.2 Å². The van der Waals surface area contributed by atoms with Crippen molar-refractivity contribution in [1.82, 2.24) is 4.98 Å². The SMILES string of the molecule is CC(O)CCN(C)c1ncccc1N. The molecule has 3 N–H and O–H groups in total. The summed E-state index contributed by atoms with van der Waals surface area (Å²) in [5, 5.41) is 9.14. The molecule has 4 heteroatoms. The lowest BCUT2D eigenvalue weighted by molar-refractivity contribution is 0.187. The molecule has 0 bridgehead atoms. The van der Waals surface area contributed by atoms with Crippen LogP contribution in [0.3, 0.4) is 0 Å². The highest BCUT2D eigenvalue weighted by atomic mass is 16.3. The lowest BCUT2D eigenvalue weighted by atomic mass is 10.2. The average molecular weight is 195 g/mol. The number of nitrogen functional groups attached to an aromatic ring is 1. The highest BCUT2D eigenvalue weighted by Gasteiger charge is 2.06. The van der Waals surface area contributed by atoms with Crippen LogP contribution >= 0.6 is 0 Å². The van der Waals surface area contributed by atoms with E-state index in [4.69, 9.17) is 10.8 Å². The van der Waals surface area contributed by atoms with E-state index in [0.717, 1.165) is 12.4 Å². The Morgan fingerprint density at radius 3 is 2.93 bits per heavy atom. The van der Waals surface area contributed by atoms with E-state index in [9.17, 15) is 0 Å². The zero-order valence-corrected chi connectivity index (χ0v) is 8.64. The molecule has 1 unspecified atom stereocenters. The van der Waals surface area contributed by atoms with Gasteiger partial charge in [-0.2, -0.15) is 0 Å². The minimum atomic E-state index is -0.289. The molecule has 0 aliphatic heterocycles. The Kier molecular flexibility index (Phi) is 3.71. The van der Waals surface area contributed by atoms with Crippen molar-refractivity contribution in [2.45, 2.75) is 19.4 Å². The molecule has 0 aliphatic rings. The Hall–Kier alpha value is -1.29. The van der Waals surface area contributed by atoms with Gasteiger partial charge < -0.3 is 15.7 Å². The topological polar surface area (TPSA) is 62.4 Å². The molecule has 0 saturated heterocycles. The molecule has 1 aromatic rings. The smallest absolute Gasteiger partial charge is 0.151 e. The van der Waals surface area contributed by atoms with Crippen LogP contribution in [0.4, 0.5) is 11.5 Å². The number of aliphatic hydroxyl groups excluding tert-OH is 1. The fourth-order valence-corrected chi connectivity index (χ4v) is 1.21. The first-order valence-corrected chi connectivity index (χ1v) is 4.71. The molecule has 4 nitrogen and oxygen atoms in total. The summed E-state index contributed by atoms with van der Waals surface area (Å²) >= 11 is 0. The quantitative estimate of drug-likeness (QED) is 0.748. The number of nitrogens with two attached hydrogens (primary N) is 1. The summed E-state index contributed by atoms with van der Waals surface area (Å²) in [6, 6.07) is 3.63. The van der Waals surface area contributed by atoms with E-state index in [0.29, 0.717) is 12.1 Å². The van der Waals surface area contributed by atoms with E-state index < -0.39 is 0 Å². The van der Waals surface area contributed by atoms with Crippen LogP contribution in [-0.4, -0.2) is 29.8 Å². The van der Waals surface area contributed by atoms with Gasteiger partial charge in [0.05, 0.1) is 11.8 Å². The number of hydrogen-bond donors (Lipinski definition) is 2. The Labute approximate surface area is 84.4 Å². The van der Waals surface area contributed by atoms with Crippen LogP contribution < -0.4 is 10.6 Å². The molecule has 78 valence electrons. The summed E-state index contributed by atoms with van der Waals surface area (Å²) < 4.78 is 0. The van der Waals surface area contributed by atoms with Gasteiger partial charge in [-0.05, 0) is 25.5 Å². The molecular formula is C10H17N3O. The van der Waals surface area contributed by atoms with Gasteiger partial charge in [0.15, 0.2) is 5.82 Å². The van der Waals surface area contributed by atoms with Crippen LogP contribution in [0.25, 0.3) is 0 Å². The first-order valence-electron chi connectivity index (χ1n) is 4.71. The third-order valence-corrected chi connectivity index (χ3v) is 2.06. The molecule has 0 saturated carbocycles. The first-order chi connectivity index (χ1) is 6.61. The van der Waals surface area contributed by atoms with Gasteiger partial charge in [-0.1, -0.05) is 0 Å². The van der Waals surface area contributed by atoms with E-state index in [1.54, 1.807) is 19.2 Å². The van der Waals surface area contributed by atoms with Crippen molar-refractivity contribution in [2.24, 2.45) is 0 Å². The molecule has 0 fully saturated rings. The highest BCUT2D eigenvalue weighted by molar-refractivity contribution is 5.61. The fourth-order valence-electron chi connectivity index (χ4n) is 1.21. The van der Waals surface area contributed by atoms with Crippen molar-refractivity contribution in [3.05, 3.63) is 18.3 Å². The van der Waals surface area contributed by atoms with Gasteiger partial charge in [-0.3, -0.25) is 0 Å². The molecule has 0 amide bonds. The van der Waals surface area contributed by atoms with Crippen molar-refractivity contribution < 1.29 is 5.11 Å². The van der Waals surface area contributed by atoms with Gasteiger partial charge in [0.1, 0.15) is 0 Å². The zero-order chi connectivity index (χ0) is 10.6. The summed E-state index contributed by atoms with van der Waals surface area (Å²) in [6.07, 6.45) is 2.14. The van der Waals surface area contributed by atoms with Crippen LogP contribution in [0.15, 0.2) is 18.3 Å². The second kappa shape index (κ2) is 4.81. The number of aliphatic hydroxyl groups is 1. The van der Waals surface area contributed by atoms with Crippen LogP contribution in [0, 0.1) is 0 Å². The van der Waals surface area contributed by atoms with Gasteiger partial charge >= 0.3 is 0 Å². The van der Waals surface area contributed by atoms with E-state index >= 15 is 0 Å². The normalized spacial score (nSPS) is 12.5. The molecule has 0 spiro atoms. The molecule has 1 heterocycles. The average Bonchev–Trinajstić information content (AvgIpc) is 2.15. The van der Waals surface area contributed by atoms with Gasteiger partial charge in [0.25, 0.3) is 0 Å². The summed E-state index contributed by atoms with van der Waals surface area (Å²) in [5.41, 5.74) is 6.43. The minimum Gasteiger partial charge on any atom is -0.396 e. The van der Waals surface area contributed by atoms with Crippen LogP contribution in [0.2, 0.25) is 0 Å². The van der Waals surface area contributed by atoms with Gasteiger partial charge in [0.2, 0.25) is 0 Å². The zero-order valence-electron chi connectivity index (χ0n) is 8.64. The second-order valence-corrected chi connectivity index (χ2v) is 3.48. The third-order valence-electron chi connectivity index (χ3n) is 2.06.